The number of nitrogens with one attached hydrogen (secondary N) is 1. The number of ether oxygens (including phenoxy) is 1. The SMILES string of the molecule is C[C@@H](Oc1ccccc1)C(=O)N[C@H](C)C12CC3CC(CC(C3)C1)C2. The molecule has 0 heterocycles. The first-order valence-electron chi connectivity index (χ1n) is 9.56. The van der Waals surface area contributed by atoms with Crippen molar-refractivity contribution in [2.75, 3.05) is 0 Å². The molecular weight excluding hydrogens is 298 g/mol. The van der Waals surface area contributed by atoms with Gasteiger partial charge in [-0.1, -0.05) is 18.2 Å². The second-order valence-corrected chi connectivity index (χ2v) is 8.58. The van der Waals surface area contributed by atoms with E-state index in [1.54, 1.807) is 0 Å². The van der Waals surface area contributed by atoms with Gasteiger partial charge in [0.25, 0.3) is 5.91 Å². The van der Waals surface area contributed by atoms with Crippen LogP contribution in [-0.4, -0.2) is 18.1 Å². The van der Waals surface area contributed by atoms with E-state index in [4.69, 9.17) is 4.74 Å². The Labute approximate surface area is 145 Å². The number of rotatable bonds is 5. The van der Waals surface area contributed by atoms with E-state index in [0.29, 0.717) is 5.41 Å². The van der Waals surface area contributed by atoms with Crippen LogP contribution in [0.25, 0.3) is 0 Å². The standard InChI is InChI=1S/C21H29NO2/c1-14(24-19-6-4-3-5-7-19)20(23)22-15(2)21-11-16-8-17(12-21)10-18(9-16)13-21/h3-7,14-18H,8-13H2,1-2H3,(H,22,23)/t14-,15-,16?,17?,18?,21?/m1/s1. The van der Waals surface area contributed by atoms with Gasteiger partial charge in [-0.15, -0.1) is 0 Å². The molecule has 4 fully saturated rings. The predicted octanol–water partition coefficient (Wildman–Crippen LogP) is 4.18. The number of hydrogen-bond donors (Lipinski definition) is 1. The Balaban J connectivity index is 1.38. The number of hydrogen-bond acceptors (Lipinski definition) is 2. The zero-order valence-electron chi connectivity index (χ0n) is 14.8. The van der Waals surface area contributed by atoms with Crippen molar-refractivity contribution in [3.8, 4) is 5.75 Å². The first kappa shape index (κ1) is 16.0. The summed E-state index contributed by atoms with van der Waals surface area (Å²) < 4.78 is 5.78. The van der Waals surface area contributed by atoms with Crippen molar-refractivity contribution in [1.29, 1.82) is 0 Å². The van der Waals surface area contributed by atoms with Crippen LogP contribution < -0.4 is 10.1 Å². The molecule has 0 spiro atoms. The highest BCUT2D eigenvalue weighted by molar-refractivity contribution is 5.81. The second-order valence-electron chi connectivity index (χ2n) is 8.58. The lowest BCUT2D eigenvalue weighted by molar-refractivity contribution is -0.131. The summed E-state index contributed by atoms with van der Waals surface area (Å²) in [5.41, 5.74) is 0.344. The maximum absolute atomic E-state index is 12.6. The fraction of sp³-hybridized carbons (Fsp3) is 0.667. The Hall–Kier alpha value is -1.51. The van der Waals surface area contributed by atoms with Crippen LogP contribution in [0.4, 0.5) is 0 Å². The smallest absolute Gasteiger partial charge is 0.261 e. The molecule has 24 heavy (non-hydrogen) atoms. The van der Waals surface area contributed by atoms with Crippen molar-refractivity contribution < 1.29 is 9.53 Å². The summed E-state index contributed by atoms with van der Waals surface area (Å²) >= 11 is 0. The molecule has 4 aliphatic carbocycles. The highest BCUT2D eigenvalue weighted by Crippen LogP contribution is 2.61. The molecule has 0 saturated heterocycles. The minimum Gasteiger partial charge on any atom is -0.481 e. The van der Waals surface area contributed by atoms with E-state index in [-0.39, 0.29) is 11.9 Å². The summed E-state index contributed by atoms with van der Waals surface area (Å²) in [5, 5.41) is 3.29. The van der Waals surface area contributed by atoms with Gasteiger partial charge in [0.1, 0.15) is 5.75 Å². The molecule has 0 radical (unpaired) electrons. The number of benzene rings is 1. The molecule has 3 heteroatoms. The molecule has 4 bridgehead atoms. The maximum Gasteiger partial charge on any atom is 0.261 e. The summed E-state index contributed by atoms with van der Waals surface area (Å²) in [6.07, 6.45) is 7.80. The molecule has 1 N–H and O–H groups in total. The molecule has 4 saturated carbocycles. The van der Waals surface area contributed by atoms with E-state index in [1.165, 1.54) is 38.5 Å². The van der Waals surface area contributed by atoms with Crippen molar-refractivity contribution in [3.63, 3.8) is 0 Å². The van der Waals surface area contributed by atoms with E-state index in [0.717, 1.165) is 23.5 Å². The molecular formula is C21H29NO2. The van der Waals surface area contributed by atoms with Gasteiger partial charge in [-0.05, 0) is 87.7 Å². The van der Waals surface area contributed by atoms with Gasteiger partial charge in [0.15, 0.2) is 6.10 Å². The van der Waals surface area contributed by atoms with Crippen LogP contribution in [0.1, 0.15) is 52.4 Å². The summed E-state index contributed by atoms with van der Waals surface area (Å²) in [7, 11) is 0. The highest BCUT2D eigenvalue weighted by Gasteiger charge is 2.53. The molecule has 1 aromatic carbocycles. The maximum atomic E-state index is 12.6. The monoisotopic (exact) mass is 327 g/mol. The second kappa shape index (κ2) is 6.09. The molecule has 5 rings (SSSR count). The number of carbonyl (C=O) groups is 1. The lowest BCUT2D eigenvalue weighted by Gasteiger charge is -2.59. The van der Waals surface area contributed by atoms with Crippen LogP contribution in [-0.2, 0) is 4.79 Å². The Kier molecular flexibility index (Phi) is 4.06. The van der Waals surface area contributed by atoms with Gasteiger partial charge in [-0.25, -0.2) is 0 Å². The highest BCUT2D eigenvalue weighted by atomic mass is 16.5. The topological polar surface area (TPSA) is 38.3 Å². The first-order chi connectivity index (χ1) is 11.5. The molecule has 3 nitrogen and oxygen atoms in total. The van der Waals surface area contributed by atoms with Gasteiger partial charge in [-0.3, -0.25) is 4.79 Å². The molecule has 0 aromatic heterocycles. The zero-order chi connectivity index (χ0) is 16.7. The van der Waals surface area contributed by atoms with Crippen LogP contribution in [0.2, 0.25) is 0 Å². The van der Waals surface area contributed by atoms with E-state index >= 15 is 0 Å². The summed E-state index contributed by atoms with van der Waals surface area (Å²) in [4.78, 5) is 12.6. The van der Waals surface area contributed by atoms with E-state index in [1.807, 2.05) is 37.3 Å². The average molecular weight is 327 g/mol. The fourth-order valence-corrected chi connectivity index (χ4v) is 5.95. The van der Waals surface area contributed by atoms with Gasteiger partial charge < -0.3 is 10.1 Å². The lowest BCUT2D eigenvalue weighted by Crippen LogP contribution is -2.57. The van der Waals surface area contributed by atoms with Crippen LogP contribution in [0, 0.1) is 23.2 Å². The molecule has 0 aliphatic heterocycles. The van der Waals surface area contributed by atoms with Crippen molar-refractivity contribution in [1.82, 2.24) is 5.32 Å². The molecule has 1 aromatic rings. The third-order valence-corrected chi connectivity index (χ3v) is 6.79. The minimum absolute atomic E-state index is 0.0158. The van der Waals surface area contributed by atoms with Crippen LogP contribution in [0.15, 0.2) is 30.3 Å². The van der Waals surface area contributed by atoms with Crippen LogP contribution in [0.5, 0.6) is 5.75 Å². The Morgan fingerprint density at radius 2 is 1.58 bits per heavy atom. The van der Waals surface area contributed by atoms with Crippen molar-refractivity contribution >= 4 is 5.91 Å². The third-order valence-electron chi connectivity index (χ3n) is 6.79. The number of para-hydroxylation sites is 1. The Morgan fingerprint density at radius 3 is 2.12 bits per heavy atom. The molecule has 4 aliphatic rings. The first-order valence-corrected chi connectivity index (χ1v) is 9.56. The summed E-state index contributed by atoms with van der Waals surface area (Å²) in [6, 6.07) is 9.85. The molecule has 1 amide bonds. The van der Waals surface area contributed by atoms with Crippen molar-refractivity contribution in [2.24, 2.45) is 23.2 Å². The Morgan fingerprint density at radius 1 is 1.04 bits per heavy atom. The van der Waals surface area contributed by atoms with Crippen LogP contribution in [0.3, 0.4) is 0 Å². The van der Waals surface area contributed by atoms with Gasteiger partial charge in [-0.2, -0.15) is 0 Å². The summed E-state index contributed by atoms with van der Waals surface area (Å²) in [5.74, 6) is 3.50. The third kappa shape index (κ3) is 2.94. The minimum atomic E-state index is -0.455. The van der Waals surface area contributed by atoms with Gasteiger partial charge in [0, 0.05) is 6.04 Å². The Bertz CT molecular complexity index is 562. The normalized spacial score (nSPS) is 36.2. The van der Waals surface area contributed by atoms with Crippen molar-refractivity contribution in [2.45, 2.75) is 64.5 Å². The van der Waals surface area contributed by atoms with Gasteiger partial charge in [0.2, 0.25) is 0 Å². The predicted molar refractivity (Wildman–Crippen MR) is 94.7 cm³/mol. The van der Waals surface area contributed by atoms with Gasteiger partial charge in [0.05, 0.1) is 0 Å². The quantitative estimate of drug-likeness (QED) is 0.881. The average Bonchev–Trinajstić information content (AvgIpc) is 2.54. The number of amides is 1. The summed E-state index contributed by atoms with van der Waals surface area (Å²) in [6.45, 7) is 4.06. The molecule has 0 unspecified atom stereocenters. The fourth-order valence-electron chi connectivity index (χ4n) is 5.95. The van der Waals surface area contributed by atoms with E-state index in [9.17, 15) is 4.79 Å². The lowest BCUT2D eigenvalue weighted by atomic mass is 9.48. The van der Waals surface area contributed by atoms with E-state index in [2.05, 4.69) is 12.2 Å². The van der Waals surface area contributed by atoms with Crippen LogP contribution >= 0.6 is 0 Å². The van der Waals surface area contributed by atoms with E-state index < -0.39 is 6.10 Å². The largest absolute Gasteiger partial charge is 0.481 e. The number of carbonyl (C=O) groups excluding carboxylic acids is 1. The molecule has 130 valence electrons. The zero-order valence-corrected chi connectivity index (χ0v) is 14.8. The molecule has 2 atom stereocenters. The van der Waals surface area contributed by atoms with Crippen molar-refractivity contribution in [3.05, 3.63) is 30.3 Å². The van der Waals surface area contributed by atoms with Gasteiger partial charge >= 0.3 is 0 Å².